The Morgan fingerprint density at radius 1 is 1.24 bits per heavy atom. The number of rotatable bonds is 5. The van der Waals surface area contributed by atoms with Crippen molar-refractivity contribution in [2.75, 3.05) is 0 Å². The number of fused-ring (bicyclic) bond motifs is 1. The molecule has 0 unspecified atom stereocenters. The molecule has 3 aromatic heterocycles. The van der Waals surface area contributed by atoms with Gasteiger partial charge in [0.1, 0.15) is 5.01 Å². The highest BCUT2D eigenvalue weighted by atomic mass is 32.2. The fourth-order valence-electron chi connectivity index (χ4n) is 2.32. The van der Waals surface area contributed by atoms with E-state index >= 15 is 0 Å². The molecule has 0 aliphatic rings. The SMILES string of the molecule is Cc1nn2c(=O)cc(CSc3nnnn3Cc3ccccc3)nc2s1. The van der Waals surface area contributed by atoms with Crippen molar-refractivity contribution in [3.05, 3.63) is 63.0 Å². The van der Waals surface area contributed by atoms with Gasteiger partial charge in [0.2, 0.25) is 10.1 Å². The van der Waals surface area contributed by atoms with E-state index in [1.54, 1.807) is 4.68 Å². The van der Waals surface area contributed by atoms with Gasteiger partial charge < -0.3 is 0 Å². The van der Waals surface area contributed by atoms with Crippen LogP contribution < -0.4 is 5.56 Å². The molecule has 0 aliphatic carbocycles. The maximum Gasteiger partial charge on any atom is 0.275 e. The van der Waals surface area contributed by atoms with Crippen molar-refractivity contribution in [1.29, 1.82) is 0 Å². The van der Waals surface area contributed by atoms with Gasteiger partial charge in [-0.15, -0.1) is 5.10 Å². The van der Waals surface area contributed by atoms with Gasteiger partial charge in [-0.2, -0.15) is 9.61 Å². The Morgan fingerprint density at radius 2 is 2.08 bits per heavy atom. The summed E-state index contributed by atoms with van der Waals surface area (Å²) < 4.78 is 3.07. The lowest BCUT2D eigenvalue weighted by molar-refractivity contribution is 0.603. The van der Waals surface area contributed by atoms with E-state index in [2.05, 4.69) is 25.6 Å². The van der Waals surface area contributed by atoms with E-state index in [0.29, 0.717) is 28.1 Å². The summed E-state index contributed by atoms with van der Waals surface area (Å²) in [4.78, 5) is 17.2. The first kappa shape index (κ1) is 15.9. The first-order valence-corrected chi connectivity index (χ1v) is 9.28. The summed E-state index contributed by atoms with van der Waals surface area (Å²) in [7, 11) is 0. The quantitative estimate of drug-likeness (QED) is 0.494. The maximum atomic E-state index is 12.1. The Bertz CT molecular complexity index is 1070. The minimum absolute atomic E-state index is 0.172. The monoisotopic (exact) mass is 371 g/mol. The van der Waals surface area contributed by atoms with Crippen LogP contribution in [0, 0.1) is 6.92 Å². The van der Waals surface area contributed by atoms with Crippen LogP contribution >= 0.6 is 23.1 Å². The third-order valence-corrected chi connectivity index (χ3v) is 5.24. The number of aromatic nitrogens is 7. The lowest BCUT2D eigenvalue weighted by atomic mass is 10.2. The van der Waals surface area contributed by atoms with Gasteiger partial charge in [-0.05, 0) is 22.9 Å². The minimum Gasteiger partial charge on any atom is -0.267 e. The predicted octanol–water partition coefficient (Wildman–Crippen LogP) is 1.79. The van der Waals surface area contributed by atoms with Crippen LogP contribution in [-0.4, -0.2) is 34.8 Å². The van der Waals surface area contributed by atoms with Gasteiger partial charge >= 0.3 is 0 Å². The van der Waals surface area contributed by atoms with E-state index in [4.69, 9.17) is 0 Å². The Morgan fingerprint density at radius 3 is 2.92 bits per heavy atom. The summed E-state index contributed by atoms with van der Waals surface area (Å²) in [5, 5.41) is 17.5. The van der Waals surface area contributed by atoms with Crippen LogP contribution in [0.25, 0.3) is 4.96 Å². The fourth-order valence-corrected chi connectivity index (χ4v) is 3.86. The summed E-state index contributed by atoms with van der Waals surface area (Å²) >= 11 is 2.85. The largest absolute Gasteiger partial charge is 0.275 e. The van der Waals surface area contributed by atoms with Gasteiger partial charge in [0.05, 0.1) is 12.2 Å². The van der Waals surface area contributed by atoms with E-state index in [1.807, 2.05) is 37.3 Å². The summed E-state index contributed by atoms with van der Waals surface area (Å²) in [6.45, 7) is 2.45. The highest BCUT2D eigenvalue weighted by molar-refractivity contribution is 7.98. The topological polar surface area (TPSA) is 90.9 Å². The standard InChI is InChI=1S/C15H13N7OS2/c1-10-18-22-13(23)7-12(16-14(22)25-10)9-24-15-17-19-20-21(15)8-11-5-3-2-4-6-11/h2-7H,8-9H2,1H3. The molecule has 25 heavy (non-hydrogen) atoms. The van der Waals surface area contributed by atoms with Crippen molar-refractivity contribution < 1.29 is 0 Å². The molecule has 0 radical (unpaired) electrons. The molecule has 0 saturated heterocycles. The Hall–Kier alpha value is -2.59. The second kappa shape index (κ2) is 6.73. The predicted molar refractivity (Wildman–Crippen MR) is 94.8 cm³/mol. The molecule has 3 heterocycles. The first-order chi connectivity index (χ1) is 12.2. The summed E-state index contributed by atoms with van der Waals surface area (Å²) in [6.07, 6.45) is 0. The molecule has 1 aromatic carbocycles. The van der Waals surface area contributed by atoms with Gasteiger partial charge in [-0.25, -0.2) is 9.67 Å². The Balaban J connectivity index is 1.52. The second-order valence-electron chi connectivity index (χ2n) is 5.29. The number of thioether (sulfide) groups is 1. The van der Waals surface area contributed by atoms with E-state index in [9.17, 15) is 4.79 Å². The van der Waals surface area contributed by atoms with Crippen molar-refractivity contribution in [1.82, 2.24) is 34.8 Å². The number of benzene rings is 1. The first-order valence-electron chi connectivity index (χ1n) is 7.48. The molecule has 0 amide bonds. The number of tetrazole rings is 1. The smallest absolute Gasteiger partial charge is 0.267 e. The van der Waals surface area contributed by atoms with Crippen molar-refractivity contribution in [3.8, 4) is 0 Å². The molecule has 0 atom stereocenters. The van der Waals surface area contributed by atoms with E-state index in [0.717, 1.165) is 10.6 Å². The Kier molecular flexibility index (Phi) is 4.28. The van der Waals surface area contributed by atoms with Gasteiger partial charge in [0, 0.05) is 11.8 Å². The molecular weight excluding hydrogens is 358 g/mol. The molecule has 0 saturated carbocycles. The fraction of sp³-hybridized carbons (Fsp3) is 0.200. The highest BCUT2D eigenvalue weighted by Gasteiger charge is 2.11. The number of nitrogens with zero attached hydrogens (tertiary/aromatic N) is 7. The third-order valence-electron chi connectivity index (χ3n) is 3.42. The molecule has 8 nitrogen and oxygen atoms in total. The average Bonchev–Trinajstić information content (AvgIpc) is 3.20. The number of hydrogen-bond donors (Lipinski definition) is 0. The molecule has 0 fully saturated rings. The van der Waals surface area contributed by atoms with E-state index in [-0.39, 0.29) is 5.56 Å². The van der Waals surface area contributed by atoms with Crippen molar-refractivity contribution in [3.63, 3.8) is 0 Å². The molecule has 0 bridgehead atoms. The van der Waals surface area contributed by atoms with Crippen molar-refractivity contribution in [2.24, 2.45) is 0 Å². The van der Waals surface area contributed by atoms with Gasteiger partial charge in [-0.1, -0.05) is 53.4 Å². The van der Waals surface area contributed by atoms with Crippen LogP contribution in [0.3, 0.4) is 0 Å². The summed E-state index contributed by atoms with van der Waals surface area (Å²) in [5.74, 6) is 0.512. The van der Waals surface area contributed by atoms with E-state index in [1.165, 1.54) is 33.7 Å². The molecule has 10 heteroatoms. The molecule has 0 spiro atoms. The number of hydrogen-bond acceptors (Lipinski definition) is 8. The summed E-state index contributed by atoms with van der Waals surface area (Å²) in [6, 6.07) is 11.5. The van der Waals surface area contributed by atoms with Gasteiger partial charge in [0.25, 0.3) is 5.56 Å². The van der Waals surface area contributed by atoms with Crippen LogP contribution in [0.1, 0.15) is 16.3 Å². The molecule has 0 N–H and O–H groups in total. The van der Waals surface area contributed by atoms with Crippen molar-refractivity contribution >= 4 is 28.1 Å². The molecular formula is C15H13N7OS2. The van der Waals surface area contributed by atoms with Crippen LogP contribution in [0.2, 0.25) is 0 Å². The highest BCUT2D eigenvalue weighted by Crippen LogP contribution is 2.20. The zero-order valence-corrected chi connectivity index (χ0v) is 14.9. The van der Waals surface area contributed by atoms with Crippen molar-refractivity contribution in [2.45, 2.75) is 24.4 Å². The maximum absolute atomic E-state index is 12.1. The minimum atomic E-state index is -0.172. The van der Waals surface area contributed by atoms with Crippen LogP contribution in [-0.2, 0) is 12.3 Å². The summed E-state index contributed by atoms with van der Waals surface area (Å²) in [5.41, 5.74) is 1.64. The lowest BCUT2D eigenvalue weighted by Gasteiger charge is -2.04. The lowest BCUT2D eigenvalue weighted by Crippen LogP contribution is -2.15. The zero-order valence-electron chi connectivity index (χ0n) is 13.2. The van der Waals surface area contributed by atoms with Crippen LogP contribution in [0.5, 0.6) is 0 Å². The molecule has 4 aromatic rings. The number of aryl methyl sites for hydroxylation is 1. The molecule has 4 rings (SSSR count). The van der Waals surface area contributed by atoms with Gasteiger partial charge in [-0.3, -0.25) is 4.79 Å². The van der Waals surface area contributed by atoms with E-state index < -0.39 is 0 Å². The Labute approximate surface area is 150 Å². The second-order valence-corrected chi connectivity index (χ2v) is 7.40. The zero-order chi connectivity index (χ0) is 17.2. The third kappa shape index (κ3) is 3.44. The van der Waals surface area contributed by atoms with Gasteiger partial charge in [0.15, 0.2) is 0 Å². The molecule has 126 valence electrons. The van der Waals surface area contributed by atoms with Crippen LogP contribution in [0.15, 0.2) is 46.3 Å². The van der Waals surface area contributed by atoms with Crippen LogP contribution in [0.4, 0.5) is 0 Å². The average molecular weight is 371 g/mol. The molecule has 0 aliphatic heterocycles. The normalized spacial score (nSPS) is 11.2.